The first-order valence-electron chi connectivity index (χ1n) is 9.38. The molecule has 1 unspecified atom stereocenters. The van der Waals surface area contributed by atoms with E-state index in [1.807, 2.05) is 6.08 Å². The number of nitrogens with zero attached hydrogens (tertiary/aromatic N) is 2. The lowest BCUT2D eigenvalue weighted by molar-refractivity contribution is -0.297. The fourth-order valence-electron chi connectivity index (χ4n) is 4.88. The van der Waals surface area contributed by atoms with Crippen LogP contribution in [0.2, 0.25) is 0 Å². The minimum atomic E-state index is -4.84. The molecule has 0 saturated carbocycles. The van der Waals surface area contributed by atoms with Gasteiger partial charge in [-0.2, -0.15) is 13.2 Å². The molecule has 3 fully saturated rings. The topological polar surface area (TPSA) is 45.6 Å². The number of benzene rings is 1. The summed E-state index contributed by atoms with van der Waals surface area (Å²) in [4.78, 5) is 5.94. The molecule has 4 nitrogen and oxygen atoms in total. The SMILES string of the molecule is C=C[C@H]1CN2CC[C@H]1C[C@@H]2[C@](O)(c1ccnc2ccc(OC)cc12)C(F)(F)F. The number of fused-ring (bicyclic) bond motifs is 4. The van der Waals surface area contributed by atoms with Gasteiger partial charge in [0, 0.05) is 23.7 Å². The minimum Gasteiger partial charge on any atom is -0.497 e. The molecular weight excluding hydrogens is 369 g/mol. The molecule has 4 heterocycles. The zero-order chi connectivity index (χ0) is 20.1. The number of halogens is 3. The van der Waals surface area contributed by atoms with Gasteiger partial charge in [-0.05, 0) is 55.5 Å². The molecule has 28 heavy (non-hydrogen) atoms. The Labute approximate surface area is 161 Å². The molecule has 5 rings (SSSR count). The Morgan fingerprint density at radius 2 is 2.11 bits per heavy atom. The Morgan fingerprint density at radius 3 is 2.71 bits per heavy atom. The van der Waals surface area contributed by atoms with Gasteiger partial charge >= 0.3 is 6.18 Å². The molecule has 3 saturated heterocycles. The molecule has 150 valence electrons. The lowest BCUT2D eigenvalue weighted by atomic mass is 9.69. The van der Waals surface area contributed by atoms with Gasteiger partial charge in [0.25, 0.3) is 0 Å². The van der Waals surface area contributed by atoms with Gasteiger partial charge < -0.3 is 9.84 Å². The van der Waals surface area contributed by atoms with Crippen molar-refractivity contribution in [2.75, 3.05) is 20.2 Å². The Morgan fingerprint density at radius 1 is 1.32 bits per heavy atom. The molecule has 0 aliphatic carbocycles. The third-order valence-corrected chi connectivity index (χ3v) is 6.38. The van der Waals surface area contributed by atoms with Crippen LogP contribution in [0.15, 0.2) is 43.1 Å². The van der Waals surface area contributed by atoms with Crippen LogP contribution in [-0.4, -0.2) is 47.4 Å². The number of ether oxygens (including phenoxy) is 1. The highest BCUT2D eigenvalue weighted by molar-refractivity contribution is 5.84. The smallest absolute Gasteiger partial charge is 0.423 e. The second kappa shape index (κ2) is 6.74. The Hall–Kier alpha value is -2.12. The van der Waals surface area contributed by atoms with E-state index < -0.39 is 17.8 Å². The van der Waals surface area contributed by atoms with Crippen LogP contribution < -0.4 is 4.74 Å². The monoisotopic (exact) mass is 392 g/mol. The van der Waals surface area contributed by atoms with Gasteiger partial charge in [-0.15, -0.1) is 6.58 Å². The van der Waals surface area contributed by atoms with E-state index in [9.17, 15) is 18.3 Å². The molecule has 3 aliphatic rings. The van der Waals surface area contributed by atoms with Crippen LogP contribution in [0.3, 0.4) is 0 Å². The predicted molar refractivity (Wildman–Crippen MR) is 100 cm³/mol. The van der Waals surface area contributed by atoms with Crippen LogP contribution in [0, 0.1) is 11.8 Å². The number of alkyl halides is 3. The summed E-state index contributed by atoms with van der Waals surface area (Å²) in [6, 6.07) is 5.00. The average molecular weight is 392 g/mol. The van der Waals surface area contributed by atoms with E-state index in [1.165, 1.54) is 25.4 Å². The summed E-state index contributed by atoms with van der Waals surface area (Å²) in [6.07, 6.45) is -0.584. The molecule has 2 bridgehead atoms. The first kappa shape index (κ1) is 19.2. The normalized spacial score (nSPS) is 29.5. The van der Waals surface area contributed by atoms with E-state index in [-0.39, 0.29) is 29.2 Å². The summed E-state index contributed by atoms with van der Waals surface area (Å²) in [5.74, 6) is 0.684. The number of hydrogen-bond acceptors (Lipinski definition) is 4. The predicted octanol–water partition coefficient (Wildman–Crippen LogP) is 3.89. The maximum Gasteiger partial charge on any atom is 0.423 e. The number of aliphatic hydroxyl groups is 1. The molecular formula is C21H23F3N2O2. The lowest BCUT2D eigenvalue weighted by Gasteiger charge is -2.54. The first-order chi connectivity index (χ1) is 13.3. The standard InChI is InChI=1S/C21H23F3N2O2/c1-3-13-12-26-9-7-14(13)10-19(26)20(27,21(22,23)24)17-6-8-25-18-5-4-15(28-2)11-16(17)18/h3-6,8,11,13-14,19,27H,1,7,9-10,12H2,2H3/t13-,14-,19+,20+/m0/s1. The van der Waals surface area contributed by atoms with Gasteiger partial charge in [-0.25, -0.2) is 0 Å². The van der Waals surface area contributed by atoms with E-state index in [4.69, 9.17) is 4.74 Å². The van der Waals surface area contributed by atoms with Gasteiger partial charge in [0.15, 0.2) is 0 Å². The van der Waals surface area contributed by atoms with Crippen LogP contribution in [0.4, 0.5) is 13.2 Å². The summed E-state index contributed by atoms with van der Waals surface area (Å²) in [5, 5.41) is 11.6. The van der Waals surface area contributed by atoms with Crippen molar-refractivity contribution >= 4 is 10.9 Å². The number of pyridine rings is 1. The lowest BCUT2D eigenvalue weighted by Crippen LogP contribution is -2.65. The number of rotatable bonds is 4. The molecule has 0 amide bonds. The maximum absolute atomic E-state index is 14.4. The van der Waals surface area contributed by atoms with Gasteiger partial charge in [0.1, 0.15) is 5.75 Å². The van der Waals surface area contributed by atoms with Gasteiger partial charge in [-0.1, -0.05) is 6.08 Å². The Kier molecular flexibility index (Phi) is 4.62. The number of aromatic nitrogens is 1. The van der Waals surface area contributed by atoms with E-state index >= 15 is 0 Å². The molecule has 2 aromatic rings. The third-order valence-electron chi connectivity index (χ3n) is 6.38. The minimum absolute atomic E-state index is 0.101. The van der Waals surface area contributed by atoms with E-state index in [0.717, 1.165) is 6.42 Å². The van der Waals surface area contributed by atoms with Crippen LogP contribution in [0.5, 0.6) is 5.75 Å². The highest BCUT2D eigenvalue weighted by Crippen LogP contribution is 2.51. The van der Waals surface area contributed by atoms with Crippen molar-refractivity contribution in [3.63, 3.8) is 0 Å². The van der Waals surface area contributed by atoms with Gasteiger partial charge in [0.2, 0.25) is 5.60 Å². The number of hydrogen-bond donors (Lipinski definition) is 1. The van der Waals surface area contributed by atoms with Crippen molar-refractivity contribution in [2.24, 2.45) is 11.8 Å². The molecule has 0 radical (unpaired) electrons. The summed E-state index contributed by atoms with van der Waals surface area (Å²) in [5.41, 5.74) is -2.77. The fourth-order valence-corrected chi connectivity index (χ4v) is 4.88. The zero-order valence-corrected chi connectivity index (χ0v) is 15.6. The maximum atomic E-state index is 14.4. The number of piperidine rings is 3. The Bertz CT molecular complexity index is 901. The van der Waals surface area contributed by atoms with E-state index in [1.54, 1.807) is 17.0 Å². The molecule has 1 aromatic carbocycles. The van der Waals surface area contributed by atoms with E-state index in [0.29, 0.717) is 24.4 Å². The summed E-state index contributed by atoms with van der Waals surface area (Å²) >= 11 is 0. The fraction of sp³-hybridized carbons (Fsp3) is 0.476. The summed E-state index contributed by atoms with van der Waals surface area (Å²) in [7, 11) is 1.45. The van der Waals surface area contributed by atoms with E-state index in [2.05, 4.69) is 11.6 Å². The molecule has 1 aromatic heterocycles. The van der Waals surface area contributed by atoms with Crippen molar-refractivity contribution in [1.82, 2.24) is 9.88 Å². The average Bonchev–Trinajstić information content (AvgIpc) is 2.71. The molecule has 3 aliphatic heterocycles. The van der Waals surface area contributed by atoms with Crippen LogP contribution in [-0.2, 0) is 5.60 Å². The second-order valence-corrected chi connectivity index (χ2v) is 7.70. The number of methoxy groups -OCH3 is 1. The van der Waals surface area contributed by atoms with Gasteiger partial charge in [0.05, 0.1) is 18.7 Å². The highest BCUT2D eigenvalue weighted by atomic mass is 19.4. The zero-order valence-electron chi connectivity index (χ0n) is 15.6. The largest absolute Gasteiger partial charge is 0.497 e. The third kappa shape index (κ3) is 2.79. The summed E-state index contributed by atoms with van der Waals surface area (Å²) in [6.45, 7) is 4.86. The van der Waals surface area contributed by atoms with Crippen molar-refractivity contribution < 1.29 is 23.0 Å². The summed E-state index contributed by atoms with van der Waals surface area (Å²) < 4.78 is 48.5. The Balaban J connectivity index is 1.88. The van der Waals surface area contributed by atoms with Crippen LogP contribution >= 0.6 is 0 Å². The quantitative estimate of drug-likeness (QED) is 0.802. The molecule has 1 N–H and O–H groups in total. The van der Waals surface area contributed by atoms with Crippen molar-refractivity contribution in [1.29, 1.82) is 0 Å². The highest BCUT2D eigenvalue weighted by Gasteiger charge is 2.63. The van der Waals surface area contributed by atoms with Crippen molar-refractivity contribution in [2.45, 2.75) is 30.7 Å². The first-order valence-corrected chi connectivity index (χ1v) is 9.38. The molecule has 5 atom stereocenters. The molecule has 0 spiro atoms. The van der Waals surface area contributed by atoms with Gasteiger partial charge in [-0.3, -0.25) is 9.88 Å². The van der Waals surface area contributed by atoms with Crippen LogP contribution in [0.1, 0.15) is 18.4 Å². The second-order valence-electron chi connectivity index (χ2n) is 7.70. The molecule has 7 heteroatoms. The van der Waals surface area contributed by atoms with Crippen molar-refractivity contribution in [3.8, 4) is 5.75 Å². The van der Waals surface area contributed by atoms with Crippen molar-refractivity contribution in [3.05, 3.63) is 48.7 Å². The van der Waals surface area contributed by atoms with Crippen LogP contribution in [0.25, 0.3) is 10.9 Å².